The first-order valence-electron chi connectivity index (χ1n) is 4.43. The van der Waals surface area contributed by atoms with Gasteiger partial charge >= 0.3 is 0 Å². The van der Waals surface area contributed by atoms with Crippen LogP contribution in [0, 0.1) is 11.8 Å². The van der Waals surface area contributed by atoms with Crippen LogP contribution >= 0.6 is 11.6 Å². The van der Waals surface area contributed by atoms with Crippen molar-refractivity contribution in [2.45, 2.75) is 45.4 Å². The van der Waals surface area contributed by atoms with Crippen LogP contribution < -0.4 is 0 Å². The molecule has 0 aromatic carbocycles. The van der Waals surface area contributed by atoms with Gasteiger partial charge in [-0.3, -0.25) is 0 Å². The fourth-order valence-electron chi connectivity index (χ4n) is 0.864. The van der Waals surface area contributed by atoms with Gasteiger partial charge < -0.3 is 0 Å². The lowest BCUT2D eigenvalue weighted by molar-refractivity contribution is 0.679. The maximum Gasteiger partial charge on any atom is 0.0333 e. The minimum absolute atomic E-state index is 0.669. The van der Waals surface area contributed by atoms with Crippen molar-refractivity contribution in [3.63, 3.8) is 0 Å². The van der Waals surface area contributed by atoms with E-state index in [1.807, 2.05) is 0 Å². The number of rotatable bonds is 5. The van der Waals surface area contributed by atoms with Gasteiger partial charge in [0, 0.05) is 18.7 Å². The smallest absolute Gasteiger partial charge is 0.0333 e. The molecule has 1 heteroatoms. The van der Waals surface area contributed by atoms with E-state index in [1.54, 1.807) is 0 Å². The molecule has 64 valence electrons. The Labute approximate surface area is 75.3 Å². The van der Waals surface area contributed by atoms with Crippen LogP contribution in [0.25, 0.3) is 0 Å². The normalized spacial score (nSPS) is 8.91. The van der Waals surface area contributed by atoms with Gasteiger partial charge in [0.05, 0.1) is 0 Å². The van der Waals surface area contributed by atoms with Crippen molar-refractivity contribution >= 4 is 11.6 Å². The maximum absolute atomic E-state index is 5.46. The van der Waals surface area contributed by atoms with Crippen molar-refractivity contribution in [2.75, 3.05) is 5.88 Å². The Morgan fingerprint density at radius 3 is 2.36 bits per heavy atom. The molecular formula is C10H17Cl. The molecule has 0 nitrogen and oxygen atoms in total. The molecule has 0 spiro atoms. The molecule has 0 aromatic rings. The summed E-state index contributed by atoms with van der Waals surface area (Å²) in [5.74, 6) is 6.81. The van der Waals surface area contributed by atoms with Gasteiger partial charge in [-0.25, -0.2) is 0 Å². The van der Waals surface area contributed by atoms with Crippen LogP contribution in [-0.4, -0.2) is 5.88 Å². The molecule has 0 saturated heterocycles. The summed E-state index contributed by atoms with van der Waals surface area (Å²) in [6, 6.07) is 0. The number of alkyl halides is 1. The summed E-state index contributed by atoms with van der Waals surface area (Å²) in [5, 5.41) is 0. The molecule has 0 aromatic heterocycles. The predicted molar refractivity (Wildman–Crippen MR) is 51.9 cm³/mol. The molecule has 0 radical (unpaired) electrons. The molecule has 0 saturated carbocycles. The van der Waals surface area contributed by atoms with Crippen molar-refractivity contribution in [2.24, 2.45) is 0 Å². The molecule has 0 rings (SSSR count). The maximum atomic E-state index is 5.46. The number of hydrogen-bond donors (Lipinski definition) is 0. The summed E-state index contributed by atoms with van der Waals surface area (Å²) in [5.41, 5.74) is 0. The van der Waals surface area contributed by atoms with Crippen LogP contribution in [0.1, 0.15) is 45.4 Å². The Kier molecular flexibility index (Phi) is 9.72. The van der Waals surface area contributed by atoms with Crippen molar-refractivity contribution in [1.29, 1.82) is 0 Å². The fourth-order valence-corrected chi connectivity index (χ4v) is 0.959. The van der Waals surface area contributed by atoms with Crippen LogP contribution in [0.4, 0.5) is 0 Å². The average Bonchev–Trinajstić information content (AvgIpc) is 2.03. The van der Waals surface area contributed by atoms with Gasteiger partial charge in [-0.05, 0) is 6.42 Å². The van der Waals surface area contributed by atoms with E-state index in [1.165, 1.54) is 25.7 Å². The number of halogens is 1. The Morgan fingerprint density at radius 1 is 1.00 bits per heavy atom. The molecule has 0 aliphatic carbocycles. The zero-order valence-corrected chi connectivity index (χ0v) is 8.08. The molecule has 0 aliphatic rings. The molecule has 0 aliphatic heterocycles. The highest BCUT2D eigenvalue weighted by atomic mass is 35.5. The molecule has 0 atom stereocenters. The van der Waals surface area contributed by atoms with Crippen LogP contribution in [0.15, 0.2) is 0 Å². The molecule has 0 N–H and O–H groups in total. The second-order valence-corrected chi connectivity index (χ2v) is 2.98. The van der Waals surface area contributed by atoms with E-state index >= 15 is 0 Å². The first kappa shape index (κ1) is 10.8. The van der Waals surface area contributed by atoms with Crippen molar-refractivity contribution < 1.29 is 0 Å². The lowest BCUT2D eigenvalue weighted by atomic mass is 10.1. The summed E-state index contributed by atoms with van der Waals surface area (Å²) >= 11 is 5.46. The van der Waals surface area contributed by atoms with E-state index in [0.29, 0.717) is 5.88 Å². The molecule has 11 heavy (non-hydrogen) atoms. The summed E-state index contributed by atoms with van der Waals surface area (Å²) in [6.07, 6.45) is 7.12. The lowest BCUT2D eigenvalue weighted by Crippen LogP contribution is -1.74. The van der Waals surface area contributed by atoms with Gasteiger partial charge in [-0.2, -0.15) is 0 Å². The second kappa shape index (κ2) is 9.85. The molecule has 0 unspecified atom stereocenters. The Hall–Kier alpha value is -0.150. The fraction of sp³-hybridized carbons (Fsp3) is 0.800. The second-order valence-electron chi connectivity index (χ2n) is 2.60. The standard InChI is InChI=1S/C10H17Cl/c1-2-3-4-5-6-7-8-9-10-11/h2-6,9-10H2,1H3. The van der Waals surface area contributed by atoms with Gasteiger partial charge in [0.2, 0.25) is 0 Å². The van der Waals surface area contributed by atoms with Gasteiger partial charge in [0.1, 0.15) is 0 Å². The van der Waals surface area contributed by atoms with Gasteiger partial charge in [-0.15, -0.1) is 23.4 Å². The van der Waals surface area contributed by atoms with Crippen LogP contribution in [0.3, 0.4) is 0 Å². The Balaban J connectivity index is 2.96. The minimum atomic E-state index is 0.669. The highest BCUT2D eigenvalue weighted by Gasteiger charge is 1.83. The topological polar surface area (TPSA) is 0 Å². The Bertz CT molecular complexity index is 119. The quantitative estimate of drug-likeness (QED) is 0.338. The predicted octanol–water partition coefficient (Wildman–Crippen LogP) is 3.59. The first-order chi connectivity index (χ1) is 5.41. The van der Waals surface area contributed by atoms with Gasteiger partial charge in [0.15, 0.2) is 0 Å². The first-order valence-corrected chi connectivity index (χ1v) is 4.97. The molecule has 0 amide bonds. The highest BCUT2D eigenvalue weighted by Crippen LogP contribution is 2.00. The molecule has 0 bridgehead atoms. The third-order valence-corrected chi connectivity index (χ3v) is 1.69. The zero-order chi connectivity index (χ0) is 8.36. The SMILES string of the molecule is CCCCCCC#CCCCl. The minimum Gasteiger partial charge on any atom is -0.126 e. The molecule has 0 heterocycles. The van der Waals surface area contributed by atoms with Crippen LogP contribution in [0.5, 0.6) is 0 Å². The van der Waals surface area contributed by atoms with Crippen LogP contribution in [0.2, 0.25) is 0 Å². The molecular weight excluding hydrogens is 156 g/mol. The van der Waals surface area contributed by atoms with E-state index < -0.39 is 0 Å². The van der Waals surface area contributed by atoms with Crippen molar-refractivity contribution in [3.8, 4) is 11.8 Å². The Morgan fingerprint density at radius 2 is 1.73 bits per heavy atom. The molecule has 0 fully saturated rings. The summed E-state index contributed by atoms with van der Waals surface area (Å²) in [7, 11) is 0. The summed E-state index contributed by atoms with van der Waals surface area (Å²) < 4.78 is 0. The van der Waals surface area contributed by atoms with Crippen molar-refractivity contribution in [1.82, 2.24) is 0 Å². The number of unbranched alkanes of at least 4 members (excludes halogenated alkanes) is 4. The van der Waals surface area contributed by atoms with Crippen molar-refractivity contribution in [3.05, 3.63) is 0 Å². The van der Waals surface area contributed by atoms with E-state index in [4.69, 9.17) is 11.6 Å². The lowest BCUT2D eigenvalue weighted by Gasteiger charge is -1.91. The third kappa shape index (κ3) is 9.85. The average molecular weight is 173 g/mol. The van der Waals surface area contributed by atoms with E-state index in [2.05, 4.69) is 18.8 Å². The van der Waals surface area contributed by atoms with Gasteiger partial charge in [0.25, 0.3) is 0 Å². The van der Waals surface area contributed by atoms with E-state index in [0.717, 1.165) is 12.8 Å². The summed E-state index contributed by atoms with van der Waals surface area (Å²) in [4.78, 5) is 0. The van der Waals surface area contributed by atoms with E-state index in [-0.39, 0.29) is 0 Å². The largest absolute Gasteiger partial charge is 0.126 e. The van der Waals surface area contributed by atoms with Gasteiger partial charge in [-0.1, -0.05) is 26.2 Å². The monoisotopic (exact) mass is 172 g/mol. The third-order valence-electron chi connectivity index (χ3n) is 1.50. The zero-order valence-electron chi connectivity index (χ0n) is 7.33. The highest BCUT2D eigenvalue weighted by molar-refractivity contribution is 6.17. The van der Waals surface area contributed by atoms with Crippen LogP contribution in [-0.2, 0) is 0 Å². The number of hydrogen-bond acceptors (Lipinski definition) is 0. The van der Waals surface area contributed by atoms with E-state index in [9.17, 15) is 0 Å². The summed E-state index contributed by atoms with van der Waals surface area (Å²) in [6.45, 7) is 2.22.